The Hall–Kier alpha value is -0.530. The van der Waals surface area contributed by atoms with Crippen LogP contribution in [-0.4, -0.2) is 5.91 Å². The van der Waals surface area contributed by atoms with Gasteiger partial charge in [0.15, 0.2) is 0 Å². The van der Waals surface area contributed by atoms with Crippen LogP contribution in [0.5, 0.6) is 0 Å². The smallest absolute Gasteiger partial charge is 0.220 e. The van der Waals surface area contributed by atoms with Crippen LogP contribution in [0.4, 0.5) is 0 Å². The summed E-state index contributed by atoms with van der Waals surface area (Å²) in [7, 11) is 0. The van der Waals surface area contributed by atoms with E-state index >= 15 is 0 Å². The molecule has 10 heavy (non-hydrogen) atoms. The van der Waals surface area contributed by atoms with Gasteiger partial charge in [0.05, 0.1) is 0 Å². The third-order valence-corrected chi connectivity index (χ3v) is 0.621. The van der Waals surface area contributed by atoms with Gasteiger partial charge in [-0.1, -0.05) is 26.4 Å². The lowest BCUT2D eigenvalue weighted by Crippen LogP contribution is -2.22. The van der Waals surface area contributed by atoms with Gasteiger partial charge < -0.3 is 5.73 Å². The zero-order chi connectivity index (χ0) is 21.1. The van der Waals surface area contributed by atoms with E-state index in [1.165, 1.54) is 0 Å². The van der Waals surface area contributed by atoms with Crippen LogP contribution in [0.1, 0.15) is 59.8 Å². The molecule has 0 fully saturated rings. The van der Waals surface area contributed by atoms with Crippen LogP contribution in [0, 0.1) is 5.89 Å². The van der Waals surface area contributed by atoms with Gasteiger partial charge in [-0.25, -0.2) is 0 Å². The average Bonchev–Trinajstić information content (AvgIpc) is 2.33. The summed E-state index contributed by atoms with van der Waals surface area (Å²) in [6.45, 7) is -7.61. The molecule has 0 aromatic rings. The summed E-state index contributed by atoms with van der Waals surface area (Å²) < 4.78 is 111. The largest absolute Gasteiger partial charge is 0.369 e. The molecule has 0 atom stereocenters. The summed E-state index contributed by atoms with van der Waals surface area (Å²) in [5.74, 6) is -6.50. The summed E-state index contributed by atoms with van der Waals surface area (Å²) in [6.07, 6.45) is -16.6. The summed E-state index contributed by atoms with van der Waals surface area (Å²) in [5, 5.41) is 0. The molecule has 0 radical (unpaired) electrons. The lowest BCUT2D eigenvalue weighted by molar-refractivity contribution is -0.122. The minimum atomic E-state index is -4.24. The van der Waals surface area contributed by atoms with Crippen LogP contribution in [0.15, 0.2) is 0 Å². The van der Waals surface area contributed by atoms with Crippen LogP contribution in [-0.2, 0) is 4.79 Å². The Bertz CT molecular complexity index is 491. The second kappa shape index (κ2) is 5.27. The molecule has 0 bridgehead atoms. The van der Waals surface area contributed by atoms with Crippen LogP contribution in [0.3, 0.4) is 0 Å². The number of primary amides is 1. The van der Waals surface area contributed by atoms with Gasteiger partial charge in [-0.3, -0.25) is 4.79 Å². The highest BCUT2D eigenvalue weighted by atomic mass is 16.1. The van der Waals surface area contributed by atoms with Crippen molar-refractivity contribution < 1.29 is 25.4 Å². The molecule has 0 aliphatic heterocycles. The Morgan fingerprint density at radius 3 is 2.50 bits per heavy atom. The van der Waals surface area contributed by atoms with Crippen molar-refractivity contribution in [3.8, 4) is 0 Å². The van der Waals surface area contributed by atoms with Gasteiger partial charge in [0, 0.05) is 26.5 Å². The van der Waals surface area contributed by atoms with Gasteiger partial charge in [0.2, 0.25) is 5.91 Å². The number of rotatable bonds is 5. The lowest BCUT2D eigenvalue weighted by Gasteiger charge is -2.09. The second-order valence-electron chi connectivity index (χ2n) is 1.24. The summed E-state index contributed by atoms with van der Waals surface area (Å²) in [4.78, 5) is 11.7. The molecular formula is C8H17NO. The number of hydrogen-bond donors (Lipinski definition) is 1. The van der Waals surface area contributed by atoms with Crippen molar-refractivity contribution in [2.75, 3.05) is 0 Å². The molecule has 0 aliphatic carbocycles. The molecule has 0 rings (SSSR count). The molecule has 0 aromatic heterocycles. The van der Waals surface area contributed by atoms with Crippen molar-refractivity contribution in [1.29, 1.82) is 0 Å². The van der Waals surface area contributed by atoms with Crippen LogP contribution < -0.4 is 5.73 Å². The van der Waals surface area contributed by atoms with E-state index in [1.807, 2.05) is 0 Å². The minimum absolute atomic E-state index is 2.26. The summed E-state index contributed by atoms with van der Waals surface area (Å²) in [5.41, 5.74) is 4.82. The van der Waals surface area contributed by atoms with Crippen LogP contribution in [0.25, 0.3) is 0 Å². The van der Waals surface area contributed by atoms with Crippen molar-refractivity contribution in [2.45, 2.75) is 39.2 Å². The monoisotopic (exact) mass is 158 g/mol. The van der Waals surface area contributed by atoms with Gasteiger partial charge in [0.25, 0.3) is 0 Å². The molecule has 0 saturated heterocycles. The SMILES string of the molecule is [2H]C([2H])([2H])C([2H])([2H])C([2H])([2H])C([2H])(C(N)=O)C([2H])([2H])C([2H])([2H])C([2H])([2H])[2H]. The van der Waals surface area contributed by atoms with Crippen LogP contribution in [0.2, 0.25) is 0 Å². The molecule has 0 saturated carbocycles. The molecule has 0 heterocycles. The fraction of sp³-hybridized carbons (Fsp3) is 0.875. The van der Waals surface area contributed by atoms with Gasteiger partial charge in [-0.05, 0) is 12.7 Å². The van der Waals surface area contributed by atoms with E-state index in [0.29, 0.717) is 0 Å². The quantitative estimate of drug-likeness (QED) is 0.650. The number of carbonyl (C=O) groups is 1. The van der Waals surface area contributed by atoms with Crippen LogP contribution >= 0.6 is 0 Å². The molecule has 2 N–H and O–H groups in total. The molecule has 0 unspecified atom stereocenters. The predicted molar refractivity (Wildman–Crippen MR) is 42.5 cm³/mol. The Morgan fingerprint density at radius 1 is 1.70 bits per heavy atom. The molecule has 1 amide bonds. The van der Waals surface area contributed by atoms with E-state index in [2.05, 4.69) is 0 Å². The van der Waals surface area contributed by atoms with E-state index in [9.17, 15) is 4.79 Å². The van der Waals surface area contributed by atoms with Gasteiger partial charge in [0.1, 0.15) is 0 Å². The molecule has 60 valence electrons. The number of amides is 1. The standard InChI is InChI=1S/C8H17NO/c1-3-5-7(6-4-2)8(9)10/h7H,3-6H2,1-2H3,(H2,9,10)/i1D3,2D3,3D2,4D2,5D2,6D2,7D. The number of nitrogens with two attached hydrogens (primary N) is 1. The lowest BCUT2D eigenvalue weighted by atomic mass is 9.98. The van der Waals surface area contributed by atoms with Crippen molar-refractivity contribution >= 4 is 5.91 Å². The van der Waals surface area contributed by atoms with Gasteiger partial charge in [-0.15, -0.1) is 0 Å². The number of hydrogen-bond acceptors (Lipinski definition) is 1. The van der Waals surface area contributed by atoms with E-state index in [4.69, 9.17) is 26.3 Å². The van der Waals surface area contributed by atoms with Crippen molar-refractivity contribution in [1.82, 2.24) is 0 Å². The fourth-order valence-electron chi connectivity index (χ4n) is 0.279. The van der Waals surface area contributed by atoms with Gasteiger partial charge >= 0.3 is 0 Å². The average molecular weight is 158 g/mol. The highest BCUT2D eigenvalue weighted by Gasteiger charge is 2.11. The van der Waals surface area contributed by atoms with Crippen molar-refractivity contribution in [2.24, 2.45) is 11.6 Å². The molecule has 0 aliphatic rings. The summed E-state index contributed by atoms with van der Waals surface area (Å²) >= 11 is 0. The zero-order valence-corrected chi connectivity index (χ0v) is 4.99. The van der Waals surface area contributed by atoms with Crippen molar-refractivity contribution in [3.63, 3.8) is 0 Å². The maximum atomic E-state index is 11.7. The first-order valence-electron chi connectivity index (χ1n) is 9.74. The second-order valence-corrected chi connectivity index (χ2v) is 1.24. The maximum Gasteiger partial charge on any atom is 0.220 e. The normalized spacial score (nSPS) is 41.8. The highest BCUT2D eigenvalue weighted by Crippen LogP contribution is 2.11. The molecule has 2 nitrogen and oxygen atoms in total. The first-order valence-corrected chi connectivity index (χ1v) is 2.24. The van der Waals surface area contributed by atoms with Gasteiger partial charge in [-0.2, -0.15) is 0 Å². The van der Waals surface area contributed by atoms with E-state index < -0.39 is 51.0 Å². The zero-order valence-electron chi connectivity index (χ0n) is 20.0. The molecule has 0 aromatic carbocycles. The topological polar surface area (TPSA) is 43.1 Å². The Morgan fingerprint density at radius 2 is 2.20 bits per heavy atom. The highest BCUT2D eigenvalue weighted by molar-refractivity contribution is 5.76. The number of carbonyl (C=O) groups excluding carboxylic acids is 1. The first-order chi connectivity index (χ1) is 10.4. The molecule has 2 heteroatoms. The van der Waals surface area contributed by atoms with E-state index in [0.717, 1.165) is 0 Å². The van der Waals surface area contributed by atoms with E-state index in [-0.39, 0.29) is 0 Å². The third kappa shape index (κ3) is 3.49. The Labute approximate surface area is 83.9 Å². The Kier molecular flexibility index (Phi) is 0.650. The maximum absolute atomic E-state index is 11.7. The predicted octanol–water partition coefficient (Wildman–Crippen LogP) is 1.69. The third-order valence-electron chi connectivity index (χ3n) is 0.621. The minimum Gasteiger partial charge on any atom is -0.369 e. The molecular weight excluding hydrogens is 126 g/mol. The molecule has 0 spiro atoms. The summed E-state index contributed by atoms with van der Waals surface area (Å²) in [6, 6.07) is 0. The first kappa shape index (κ1) is 1.23. The fourth-order valence-corrected chi connectivity index (χ4v) is 0.279. The van der Waals surface area contributed by atoms with E-state index in [1.54, 1.807) is 0 Å². The van der Waals surface area contributed by atoms with Crippen molar-refractivity contribution in [3.05, 3.63) is 0 Å². The Balaban J connectivity index is 6.89.